The lowest BCUT2D eigenvalue weighted by molar-refractivity contribution is 0.380. The number of hydrogen-bond acceptors (Lipinski definition) is 3. The first-order valence-electron chi connectivity index (χ1n) is 7.93. The van der Waals surface area contributed by atoms with Crippen LogP contribution in [0.25, 0.3) is 0 Å². The minimum absolute atomic E-state index is 0. The molecule has 2 N–H and O–H groups in total. The molecule has 0 amide bonds. The van der Waals surface area contributed by atoms with E-state index in [1.54, 1.807) is 19.2 Å². The molecule has 0 saturated carbocycles. The van der Waals surface area contributed by atoms with E-state index in [0.717, 1.165) is 34.3 Å². The maximum atomic E-state index is 13.8. The van der Waals surface area contributed by atoms with Crippen molar-refractivity contribution in [3.8, 4) is 0 Å². The Hall–Kier alpha value is -1.16. The third-order valence-corrected chi connectivity index (χ3v) is 4.21. The van der Waals surface area contributed by atoms with Gasteiger partial charge in [0.15, 0.2) is 5.96 Å². The number of aromatic nitrogens is 1. The molecule has 138 valence electrons. The second-order valence-corrected chi connectivity index (χ2v) is 6.17. The van der Waals surface area contributed by atoms with Gasteiger partial charge in [0.25, 0.3) is 0 Å². The van der Waals surface area contributed by atoms with Gasteiger partial charge in [0.05, 0.1) is 5.69 Å². The minimum Gasteiger partial charge on any atom is -0.361 e. The molecule has 0 aliphatic rings. The Morgan fingerprint density at radius 3 is 2.60 bits per heavy atom. The summed E-state index contributed by atoms with van der Waals surface area (Å²) in [5, 5.41) is 10.4. The van der Waals surface area contributed by atoms with Crippen molar-refractivity contribution >= 4 is 45.9 Å². The Balaban J connectivity index is 0.00000312. The van der Waals surface area contributed by atoms with Crippen LogP contribution < -0.4 is 10.6 Å². The summed E-state index contributed by atoms with van der Waals surface area (Å²) in [5.41, 5.74) is 2.59. The molecular weight excluding hydrogens is 502 g/mol. The van der Waals surface area contributed by atoms with E-state index >= 15 is 0 Å². The largest absolute Gasteiger partial charge is 0.361 e. The molecule has 1 aromatic heterocycles. The van der Waals surface area contributed by atoms with Crippen LogP contribution >= 0.6 is 39.9 Å². The molecular formula is C17H23BrFIN4O. The van der Waals surface area contributed by atoms with Crippen LogP contribution in [0, 0.1) is 5.82 Å². The average Bonchev–Trinajstić information content (AvgIpc) is 2.99. The summed E-state index contributed by atoms with van der Waals surface area (Å²) in [6, 6.07) is 4.87. The molecule has 5 nitrogen and oxygen atoms in total. The van der Waals surface area contributed by atoms with Crippen molar-refractivity contribution < 1.29 is 8.91 Å². The fourth-order valence-electron chi connectivity index (χ4n) is 2.39. The molecule has 0 atom stereocenters. The van der Waals surface area contributed by atoms with Gasteiger partial charge >= 0.3 is 0 Å². The van der Waals surface area contributed by atoms with Gasteiger partial charge in [0.1, 0.15) is 11.6 Å². The van der Waals surface area contributed by atoms with Crippen LogP contribution in [0.5, 0.6) is 0 Å². The monoisotopic (exact) mass is 524 g/mol. The van der Waals surface area contributed by atoms with E-state index in [0.29, 0.717) is 24.6 Å². The van der Waals surface area contributed by atoms with Gasteiger partial charge in [-0.15, -0.1) is 24.0 Å². The molecule has 0 aliphatic heterocycles. The molecule has 0 aliphatic carbocycles. The molecule has 0 radical (unpaired) electrons. The predicted molar refractivity (Wildman–Crippen MR) is 112 cm³/mol. The second kappa shape index (κ2) is 10.7. The third-order valence-electron chi connectivity index (χ3n) is 3.72. The van der Waals surface area contributed by atoms with Crippen molar-refractivity contribution in [2.75, 3.05) is 7.05 Å². The number of halogens is 3. The summed E-state index contributed by atoms with van der Waals surface area (Å²) in [7, 11) is 1.68. The van der Waals surface area contributed by atoms with Crippen LogP contribution in [0.1, 0.15) is 36.4 Å². The number of rotatable bonds is 6. The van der Waals surface area contributed by atoms with Gasteiger partial charge in [-0.1, -0.05) is 34.9 Å². The fraction of sp³-hybridized carbons (Fsp3) is 0.412. The Morgan fingerprint density at radius 2 is 1.96 bits per heavy atom. The van der Waals surface area contributed by atoms with Crippen LogP contribution in [-0.2, 0) is 25.9 Å². The molecule has 0 fully saturated rings. The van der Waals surface area contributed by atoms with E-state index in [4.69, 9.17) is 4.52 Å². The van der Waals surface area contributed by atoms with E-state index in [2.05, 4.69) is 36.7 Å². The molecule has 8 heteroatoms. The van der Waals surface area contributed by atoms with Crippen molar-refractivity contribution in [1.82, 2.24) is 15.8 Å². The summed E-state index contributed by atoms with van der Waals surface area (Å²) in [6.45, 7) is 4.99. The van der Waals surface area contributed by atoms with Gasteiger partial charge in [-0.25, -0.2) is 4.39 Å². The lowest BCUT2D eigenvalue weighted by atomic mass is 10.1. The van der Waals surface area contributed by atoms with Gasteiger partial charge in [0.2, 0.25) is 0 Å². The number of aryl methyl sites for hydroxylation is 2. The van der Waals surface area contributed by atoms with Gasteiger partial charge < -0.3 is 15.2 Å². The minimum atomic E-state index is -0.248. The molecule has 0 spiro atoms. The van der Waals surface area contributed by atoms with E-state index < -0.39 is 0 Å². The van der Waals surface area contributed by atoms with E-state index in [-0.39, 0.29) is 29.8 Å². The summed E-state index contributed by atoms with van der Waals surface area (Å²) in [5.74, 6) is 1.23. The van der Waals surface area contributed by atoms with Crippen LogP contribution in [-0.4, -0.2) is 18.2 Å². The number of guanidine groups is 1. The van der Waals surface area contributed by atoms with Crippen molar-refractivity contribution in [3.63, 3.8) is 0 Å². The summed E-state index contributed by atoms with van der Waals surface area (Å²) in [6.07, 6.45) is 1.61. The normalized spacial score (nSPS) is 11.2. The van der Waals surface area contributed by atoms with E-state index in [1.807, 2.05) is 13.8 Å². The number of hydrogen-bond donors (Lipinski definition) is 2. The van der Waals surface area contributed by atoms with Crippen LogP contribution in [0.2, 0.25) is 0 Å². The van der Waals surface area contributed by atoms with E-state index in [9.17, 15) is 4.39 Å². The molecule has 0 unspecified atom stereocenters. The smallest absolute Gasteiger partial charge is 0.191 e. The van der Waals surface area contributed by atoms with Gasteiger partial charge in [0, 0.05) is 42.2 Å². The zero-order valence-electron chi connectivity index (χ0n) is 14.5. The first-order chi connectivity index (χ1) is 11.6. The highest BCUT2D eigenvalue weighted by molar-refractivity contribution is 14.0. The molecule has 1 heterocycles. The Morgan fingerprint density at radius 1 is 1.24 bits per heavy atom. The summed E-state index contributed by atoms with van der Waals surface area (Å²) in [4.78, 5) is 4.17. The molecule has 0 saturated heterocycles. The number of benzene rings is 1. The lowest BCUT2D eigenvalue weighted by Crippen LogP contribution is -2.36. The maximum absolute atomic E-state index is 13.8. The Bertz CT molecular complexity index is 699. The van der Waals surface area contributed by atoms with Crippen LogP contribution in [0.3, 0.4) is 0 Å². The SMILES string of the molecule is CCc1noc(CC)c1CNC(=NC)NCc1cc(Br)ccc1F.I. The molecule has 1 aromatic carbocycles. The summed E-state index contributed by atoms with van der Waals surface area (Å²) >= 11 is 3.35. The van der Waals surface area contributed by atoms with Crippen molar-refractivity contribution in [3.05, 3.63) is 51.1 Å². The predicted octanol–water partition coefficient (Wildman–Crippen LogP) is 4.18. The highest BCUT2D eigenvalue weighted by Crippen LogP contribution is 2.16. The van der Waals surface area contributed by atoms with Crippen LogP contribution in [0.4, 0.5) is 4.39 Å². The van der Waals surface area contributed by atoms with Crippen molar-refractivity contribution in [1.29, 1.82) is 0 Å². The molecule has 0 bridgehead atoms. The second-order valence-electron chi connectivity index (χ2n) is 5.25. The number of nitrogens with zero attached hydrogens (tertiary/aromatic N) is 2. The first kappa shape index (κ1) is 21.9. The lowest BCUT2D eigenvalue weighted by Gasteiger charge is -2.13. The van der Waals surface area contributed by atoms with Gasteiger partial charge in [-0.2, -0.15) is 0 Å². The average molecular weight is 525 g/mol. The van der Waals surface area contributed by atoms with Crippen molar-refractivity contribution in [2.45, 2.75) is 39.8 Å². The molecule has 2 rings (SSSR count). The highest BCUT2D eigenvalue weighted by atomic mass is 127. The first-order valence-corrected chi connectivity index (χ1v) is 8.73. The topological polar surface area (TPSA) is 62.5 Å². The molecule has 2 aromatic rings. The number of aliphatic imine (C=N–C) groups is 1. The van der Waals surface area contributed by atoms with Gasteiger partial charge in [-0.3, -0.25) is 4.99 Å². The van der Waals surface area contributed by atoms with Crippen LogP contribution in [0.15, 0.2) is 32.2 Å². The summed E-state index contributed by atoms with van der Waals surface area (Å²) < 4.78 is 20.0. The zero-order valence-corrected chi connectivity index (χ0v) is 18.4. The van der Waals surface area contributed by atoms with Crippen molar-refractivity contribution in [2.24, 2.45) is 4.99 Å². The Kier molecular flexibility index (Phi) is 9.41. The third kappa shape index (κ3) is 5.95. The quantitative estimate of drug-likeness (QED) is 0.338. The van der Waals surface area contributed by atoms with E-state index in [1.165, 1.54) is 6.07 Å². The zero-order chi connectivity index (χ0) is 17.5. The standard InChI is InChI=1S/C17H22BrFN4O.HI/c1-4-15-13(16(5-2)24-23-15)10-22-17(20-3)21-9-11-8-12(18)6-7-14(11)19;/h6-8H,4-5,9-10H2,1-3H3,(H2,20,21,22);1H. The number of nitrogens with one attached hydrogen (secondary N) is 2. The van der Waals surface area contributed by atoms with Gasteiger partial charge in [-0.05, 0) is 24.6 Å². The highest BCUT2D eigenvalue weighted by Gasteiger charge is 2.13. The fourth-order valence-corrected chi connectivity index (χ4v) is 2.80. The maximum Gasteiger partial charge on any atom is 0.191 e. The Labute approximate surface area is 173 Å². The molecule has 25 heavy (non-hydrogen) atoms.